The third-order valence-corrected chi connectivity index (χ3v) is 8.67. The summed E-state index contributed by atoms with van der Waals surface area (Å²) < 4.78 is 0. The highest BCUT2D eigenvalue weighted by atomic mass is 35.5. The largest absolute Gasteiger partial charge is 0.321 e. The zero-order valence-corrected chi connectivity index (χ0v) is 26.8. The second kappa shape index (κ2) is 14.9. The number of aryl methyl sites for hydroxylation is 1. The van der Waals surface area contributed by atoms with Crippen molar-refractivity contribution in [3.8, 4) is 11.3 Å². The first-order chi connectivity index (χ1) is 21.7. The van der Waals surface area contributed by atoms with Crippen molar-refractivity contribution in [3.05, 3.63) is 136 Å². The lowest BCUT2D eigenvalue weighted by Crippen LogP contribution is -2.30. The van der Waals surface area contributed by atoms with Gasteiger partial charge in [0.15, 0.2) is 5.13 Å². The van der Waals surface area contributed by atoms with E-state index in [4.69, 9.17) is 11.6 Å². The number of carbonyl (C=O) groups excluding carboxylic acids is 3. The van der Waals surface area contributed by atoms with Crippen molar-refractivity contribution in [1.82, 2.24) is 10.3 Å². The van der Waals surface area contributed by atoms with Gasteiger partial charge >= 0.3 is 0 Å². The van der Waals surface area contributed by atoms with E-state index in [2.05, 4.69) is 20.9 Å². The first-order valence-corrected chi connectivity index (χ1v) is 16.1. The Bertz CT molecular complexity index is 1840. The number of aromatic nitrogens is 1. The van der Waals surface area contributed by atoms with Crippen LogP contribution in [0.2, 0.25) is 5.02 Å². The summed E-state index contributed by atoms with van der Waals surface area (Å²) in [4.78, 5) is 44.5. The molecule has 7 nitrogen and oxygen atoms in total. The fraction of sp³-hybridized carbons (Fsp3) is 0.0857. The molecule has 226 valence electrons. The molecule has 3 N–H and O–H groups in total. The number of hydrogen-bond acceptors (Lipinski definition) is 6. The molecule has 1 aromatic heterocycles. The lowest BCUT2D eigenvalue weighted by atomic mass is 10.1. The van der Waals surface area contributed by atoms with Crippen molar-refractivity contribution in [2.75, 3.05) is 10.6 Å². The van der Waals surface area contributed by atoms with E-state index >= 15 is 0 Å². The van der Waals surface area contributed by atoms with Gasteiger partial charge in [0.05, 0.1) is 10.9 Å². The number of anilines is 2. The third-order valence-electron chi connectivity index (χ3n) is 6.56. The van der Waals surface area contributed by atoms with Crippen LogP contribution >= 0.6 is 34.7 Å². The third kappa shape index (κ3) is 8.92. The smallest absolute Gasteiger partial charge is 0.272 e. The van der Waals surface area contributed by atoms with Gasteiger partial charge in [-0.2, -0.15) is 0 Å². The highest BCUT2D eigenvalue weighted by Gasteiger charge is 2.18. The number of thiazole rings is 1. The molecule has 1 unspecified atom stereocenters. The van der Waals surface area contributed by atoms with Gasteiger partial charge in [0.25, 0.3) is 11.8 Å². The molecule has 0 spiro atoms. The topological polar surface area (TPSA) is 100 Å². The van der Waals surface area contributed by atoms with Gasteiger partial charge in [-0.3, -0.25) is 14.4 Å². The zero-order valence-electron chi connectivity index (χ0n) is 24.4. The van der Waals surface area contributed by atoms with Gasteiger partial charge in [-0.15, -0.1) is 23.1 Å². The molecule has 4 aromatic carbocycles. The van der Waals surface area contributed by atoms with Crippen molar-refractivity contribution < 1.29 is 14.4 Å². The van der Waals surface area contributed by atoms with Crippen LogP contribution in [0.3, 0.4) is 0 Å². The number of halogens is 1. The summed E-state index contributed by atoms with van der Waals surface area (Å²) in [5, 5.41) is 11.0. The Labute approximate surface area is 274 Å². The van der Waals surface area contributed by atoms with Crippen LogP contribution in [0.15, 0.2) is 119 Å². The number of benzene rings is 4. The molecule has 0 aliphatic carbocycles. The second-order valence-corrected chi connectivity index (χ2v) is 12.8. The molecule has 5 aromatic rings. The van der Waals surface area contributed by atoms with Crippen molar-refractivity contribution in [3.63, 3.8) is 0 Å². The lowest BCUT2D eigenvalue weighted by Gasteiger charge is -2.13. The molecule has 0 fully saturated rings. The molecule has 3 amide bonds. The average Bonchev–Trinajstić information content (AvgIpc) is 3.50. The summed E-state index contributed by atoms with van der Waals surface area (Å²) >= 11 is 8.91. The van der Waals surface area contributed by atoms with Gasteiger partial charge in [-0.1, -0.05) is 71.8 Å². The molecular formula is C35H29ClN4O3S2. The summed E-state index contributed by atoms with van der Waals surface area (Å²) in [6.45, 7) is 3.86. The molecule has 5 rings (SSSR count). The molecule has 0 bridgehead atoms. The van der Waals surface area contributed by atoms with Crippen molar-refractivity contribution in [2.45, 2.75) is 24.0 Å². The van der Waals surface area contributed by atoms with E-state index in [0.29, 0.717) is 27.0 Å². The van der Waals surface area contributed by atoms with E-state index in [0.717, 1.165) is 16.2 Å². The number of carbonyl (C=O) groups is 3. The molecule has 45 heavy (non-hydrogen) atoms. The van der Waals surface area contributed by atoms with Crippen LogP contribution in [-0.4, -0.2) is 28.0 Å². The summed E-state index contributed by atoms with van der Waals surface area (Å²) in [6, 6.07) is 30.9. The van der Waals surface area contributed by atoms with E-state index < -0.39 is 17.1 Å². The minimum Gasteiger partial charge on any atom is -0.321 e. The van der Waals surface area contributed by atoms with Crippen LogP contribution in [0.4, 0.5) is 10.8 Å². The number of thioether (sulfide) groups is 1. The molecule has 0 aliphatic heterocycles. The van der Waals surface area contributed by atoms with E-state index in [1.807, 2.05) is 61.7 Å². The molecule has 0 aliphatic rings. The standard InChI is InChI=1S/C35H29ClN4O3S2/c1-22-11-13-25(14-12-22)31-21-44-35(39-31)40-32(41)23(2)45-29-17-15-28(16-18-29)37-34(43)30(20-24-7-6-10-27(36)19-24)38-33(42)26-8-4-3-5-9-26/h3-21,23H,1-2H3,(H,37,43)(H,38,42)(H,39,40,41)/b30-20-. The Balaban J connectivity index is 1.21. The van der Waals surface area contributed by atoms with Crippen molar-refractivity contribution >= 4 is 69.3 Å². The van der Waals surface area contributed by atoms with Gasteiger partial charge in [-0.25, -0.2) is 4.98 Å². The van der Waals surface area contributed by atoms with E-state index in [1.54, 1.807) is 66.7 Å². The summed E-state index contributed by atoms with van der Waals surface area (Å²) in [7, 11) is 0. The number of nitrogens with zero attached hydrogens (tertiary/aromatic N) is 1. The molecule has 0 saturated heterocycles. The quantitative estimate of drug-likeness (QED) is 0.104. The fourth-order valence-corrected chi connectivity index (χ4v) is 5.96. The maximum Gasteiger partial charge on any atom is 0.272 e. The maximum absolute atomic E-state index is 13.3. The van der Waals surface area contributed by atoms with Crippen LogP contribution < -0.4 is 16.0 Å². The molecule has 1 heterocycles. The monoisotopic (exact) mass is 652 g/mol. The fourth-order valence-electron chi connectivity index (χ4n) is 4.17. The Hall–Kier alpha value is -4.70. The molecular weight excluding hydrogens is 624 g/mol. The van der Waals surface area contributed by atoms with Crippen LogP contribution in [0.25, 0.3) is 17.3 Å². The first-order valence-electron chi connectivity index (χ1n) is 14.0. The minimum atomic E-state index is -0.499. The number of amides is 3. The minimum absolute atomic E-state index is 0.0580. The van der Waals surface area contributed by atoms with Gasteiger partial charge < -0.3 is 16.0 Å². The van der Waals surface area contributed by atoms with Crippen LogP contribution in [0.1, 0.15) is 28.4 Å². The molecule has 10 heteroatoms. The van der Waals surface area contributed by atoms with Crippen molar-refractivity contribution in [1.29, 1.82) is 0 Å². The van der Waals surface area contributed by atoms with Gasteiger partial charge in [0, 0.05) is 32.1 Å². The lowest BCUT2D eigenvalue weighted by molar-refractivity contribution is -0.115. The highest BCUT2D eigenvalue weighted by Crippen LogP contribution is 2.28. The predicted molar refractivity (Wildman–Crippen MR) is 185 cm³/mol. The second-order valence-electron chi connectivity index (χ2n) is 10.1. The predicted octanol–water partition coefficient (Wildman–Crippen LogP) is 8.30. The van der Waals surface area contributed by atoms with Crippen LogP contribution in [0.5, 0.6) is 0 Å². The van der Waals surface area contributed by atoms with Crippen LogP contribution in [-0.2, 0) is 9.59 Å². The van der Waals surface area contributed by atoms with E-state index in [1.165, 1.54) is 28.7 Å². The maximum atomic E-state index is 13.3. The molecule has 0 radical (unpaired) electrons. The molecule has 0 saturated carbocycles. The van der Waals surface area contributed by atoms with E-state index in [-0.39, 0.29) is 11.6 Å². The average molecular weight is 653 g/mol. The number of rotatable bonds is 10. The first kappa shape index (κ1) is 31.7. The molecule has 1 atom stereocenters. The van der Waals surface area contributed by atoms with Gasteiger partial charge in [-0.05, 0) is 74.0 Å². The Kier molecular flexibility index (Phi) is 10.5. The number of nitrogens with one attached hydrogen (secondary N) is 3. The van der Waals surface area contributed by atoms with Crippen LogP contribution in [0, 0.1) is 6.92 Å². The van der Waals surface area contributed by atoms with E-state index in [9.17, 15) is 14.4 Å². The summed E-state index contributed by atoms with van der Waals surface area (Å²) in [5.74, 6) is -1.07. The van der Waals surface area contributed by atoms with Crippen molar-refractivity contribution in [2.24, 2.45) is 0 Å². The Morgan fingerprint density at radius 2 is 1.62 bits per heavy atom. The Morgan fingerprint density at radius 3 is 2.33 bits per heavy atom. The Morgan fingerprint density at radius 1 is 0.889 bits per heavy atom. The summed E-state index contributed by atoms with van der Waals surface area (Å²) in [5.41, 5.74) is 4.65. The zero-order chi connectivity index (χ0) is 31.8. The SMILES string of the molecule is Cc1ccc(-c2csc(NC(=O)C(C)Sc3ccc(NC(=O)/C(=C/c4cccc(Cl)c4)NC(=O)c4ccccc4)cc3)n2)cc1. The van der Waals surface area contributed by atoms with Gasteiger partial charge in [0.1, 0.15) is 5.70 Å². The highest BCUT2D eigenvalue weighted by molar-refractivity contribution is 8.00. The summed E-state index contributed by atoms with van der Waals surface area (Å²) in [6.07, 6.45) is 1.57. The normalized spacial score (nSPS) is 11.8. The number of hydrogen-bond donors (Lipinski definition) is 3. The van der Waals surface area contributed by atoms with Gasteiger partial charge in [0.2, 0.25) is 5.91 Å².